The second-order valence-corrected chi connectivity index (χ2v) is 6.61. The van der Waals surface area contributed by atoms with Crippen LogP contribution >= 0.6 is 0 Å². The smallest absolute Gasteiger partial charge is 0.303 e. The van der Waals surface area contributed by atoms with Crippen LogP contribution in [0.4, 0.5) is 0 Å². The Hall–Kier alpha value is -2.68. The van der Waals surface area contributed by atoms with Gasteiger partial charge in [-0.2, -0.15) is 0 Å². The SMILES string of the molecule is CC(=O)N[C@H]1[C@@H](Oc2cccc3ccccc23)O[C@@H](CO)[C@@H](O)[C@H]1OC(C)=O. The molecule has 5 atom stereocenters. The Morgan fingerprint density at radius 3 is 2.54 bits per heavy atom. The van der Waals surface area contributed by atoms with Crippen molar-refractivity contribution in [2.45, 2.75) is 44.5 Å². The number of hydrogen-bond donors (Lipinski definition) is 3. The monoisotopic (exact) mass is 389 g/mol. The highest BCUT2D eigenvalue weighted by Crippen LogP contribution is 2.30. The molecule has 8 heteroatoms. The molecule has 1 saturated heterocycles. The number of amides is 1. The van der Waals surface area contributed by atoms with E-state index in [4.69, 9.17) is 14.2 Å². The minimum atomic E-state index is -1.34. The highest BCUT2D eigenvalue weighted by molar-refractivity contribution is 5.88. The molecule has 8 nitrogen and oxygen atoms in total. The fourth-order valence-electron chi connectivity index (χ4n) is 3.31. The van der Waals surface area contributed by atoms with E-state index >= 15 is 0 Å². The summed E-state index contributed by atoms with van der Waals surface area (Å²) in [6.45, 7) is 1.98. The molecule has 0 aliphatic carbocycles. The molecule has 3 N–H and O–H groups in total. The van der Waals surface area contributed by atoms with E-state index in [9.17, 15) is 19.8 Å². The molecule has 2 aromatic rings. The number of nitrogens with one attached hydrogen (secondary N) is 1. The third-order valence-corrected chi connectivity index (χ3v) is 4.52. The number of aliphatic hydroxyl groups excluding tert-OH is 2. The minimum Gasteiger partial charge on any atom is -0.462 e. The van der Waals surface area contributed by atoms with Gasteiger partial charge in [-0.1, -0.05) is 36.4 Å². The summed E-state index contributed by atoms with van der Waals surface area (Å²) in [6.07, 6.45) is -4.63. The molecule has 28 heavy (non-hydrogen) atoms. The van der Waals surface area contributed by atoms with Gasteiger partial charge in [-0.25, -0.2) is 0 Å². The molecular weight excluding hydrogens is 366 g/mol. The number of ether oxygens (including phenoxy) is 3. The summed E-state index contributed by atoms with van der Waals surface area (Å²) in [6, 6.07) is 12.1. The number of fused-ring (bicyclic) bond motifs is 1. The molecule has 0 unspecified atom stereocenters. The Morgan fingerprint density at radius 1 is 1.14 bits per heavy atom. The number of carbonyl (C=O) groups excluding carboxylic acids is 2. The van der Waals surface area contributed by atoms with Crippen LogP contribution in [0.15, 0.2) is 42.5 Å². The third-order valence-electron chi connectivity index (χ3n) is 4.52. The molecule has 1 heterocycles. The lowest BCUT2D eigenvalue weighted by Gasteiger charge is -2.43. The zero-order valence-electron chi connectivity index (χ0n) is 15.6. The average Bonchev–Trinajstić information content (AvgIpc) is 2.66. The third kappa shape index (κ3) is 4.24. The van der Waals surface area contributed by atoms with Gasteiger partial charge in [0.15, 0.2) is 6.10 Å². The minimum absolute atomic E-state index is 0.410. The van der Waals surface area contributed by atoms with Gasteiger partial charge in [-0.05, 0) is 11.5 Å². The Bertz CT molecular complexity index is 850. The maximum atomic E-state index is 11.7. The van der Waals surface area contributed by atoms with E-state index in [0.29, 0.717) is 5.75 Å². The second kappa shape index (κ2) is 8.55. The zero-order valence-corrected chi connectivity index (χ0v) is 15.6. The molecule has 0 saturated carbocycles. The summed E-state index contributed by atoms with van der Waals surface area (Å²) < 4.78 is 17.0. The number of benzene rings is 2. The topological polar surface area (TPSA) is 114 Å². The molecule has 3 rings (SSSR count). The summed E-state index contributed by atoms with van der Waals surface area (Å²) in [4.78, 5) is 23.3. The van der Waals surface area contributed by atoms with Gasteiger partial charge in [-0.3, -0.25) is 9.59 Å². The fraction of sp³-hybridized carbons (Fsp3) is 0.400. The first kappa shape index (κ1) is 20.1. The first-order chi connectivity index (χ1) is 13.4. The van der Waals surface area contributed by atoms with Crippen LogP contribution in [-0.4, -0.2) is 59.3 Å². The molecule has 0 aromatic heterocycles. The normalized spacial score (nSPS) is 27.2. The van der Waals surface area contributed by atoms with Crippen LogP contribution in [-0.2, 0) is 19.1 Å². The number of rotatable bonds is 5. The molecule has 1 aliphatic heterocycles. The highest BCUT2D eigenvalue weighted by atomic mass is 16.7. The van der Waals surface area contributed by atoms with Crippen molar-refractivity contribution in [1.29, 1.82) is 0 Å². The summed E-state index contributed by atoms with van der Waals surface area (Å²) in [5.74, 6) is -0.554. The number of carbonyl (C=O) groups is 2. The maximum absolute atomic E-state index is 11.7. The number of aliphatic hydroxyl groups is 2. The molecule has 0 radical (unpaired) electrons. The van der Waals surface area contributed by atoms with E-state index in [1.165, 1.54) is 13.8 Å². The van der Waals surface area contributed by atoms with Crippen molar-refractivity contribution in [3.05, 3.63) is 42.5 Å². The summed E-state index contributed by atoms with van der Waals surface area (Å²) in [5.41, 5.74) is 0. The zero-order chi connectivity index (χ0) is 20.3. The van der Waals surface area contributed by atoms with Crippen molar-refractivity contribution in [2.75, 3.05) is 6.61 Å². The van der Waals surface area contributed by atoms with Crippen molar-refractivity contribution in [2.24, 2.45) is 0 Å². The maximum Gasteiger partial charge on any atom is 0.303 e. The van der Waals surface area contributed by atoms with Crippen LogP contribution < -0.4 is 10.1 Å². The number of hydrogen-bond acceptors (Lipinski definition) is 7. The van der Waals surface area contributed by atoms with Crippen LogP contribution in [0, 0.1) is 0 Å². The van der Waals surface area contributed by atoms with Crippen LogP contribution in [0.5, 0.6) is 5.75 Å². The molecule has 0 bridgehead atoms. The van der Waals surface area contributed by atoms with Gasteiger partial charge >= 0.3 is 5.97 Å². The summed E-state index contributed by atoms with van der Waals surface area (Å²) in [7, 11) is 0. The van der Waals surface area contributed by atoms with Gasteiger partial charge in [0.2, 0.25) is 12.2 Å². The van der Waals surface area contributed by atoms with Gasteiger partial charge in [0.1, 0.15) is 24.0 Å². The van der Waals surface area contributed by atoms with Crippen LogP contribution in [0.25, 0.3) is 10.8 Å². The van der Waals surface area contributed by atoms with Gasteiger partial charge in [0.05, 0.1) is 6.61 Å². The molecule has 0 spiro atoms. The van der Waals surface area contributed by atoms with Crippen LogP contribution in [0.3, 0.4) is 0 Å². The van der Waals surface area contributed by atoms with Crippen molar-refractivity contribution in [3.63, 3.8) is 0 Å². The van der Waals surface area contributed by atoms with E-state index in [1.807, 2.05) is 36.4 Å². The van der Waals surface area contributed by atoms with Crippen molar-refractivity contribution >= 4 is 22.6 Å². The van der Waals surface area contributed by atoms with Crippen molar-refractivity contribution in [1.82, 2.24) is 5.32 Å². The Balaban J connectivity index is 1.96. The highest BCUT2D eigenvalue weighted by Gasteiger charge is 2.48. The molecule has 150 valence electrons. The number of esters is 1. The average molecular weight is 389 g/mol. The van der Waals surface area contributed by atoms with Crippen molar-refractivity contribution in [3.8, 4) is 5.75 Å². The largest absolute Gasteiger partial charge is 0.462 e. The van der Waals surface area contributed by atoms with E-state index in [2.05, 4.69) is 5.32 Å². The van der Waals surface area contributed by atoms with Gasteiger partial charge in [-0.15, -0.1) is 0 Å². The summed E-state index contributed by atoms with van der Waals surface area (Å²) in [5, 5.41) is 24.4. The predicted octanol–water partition coefficient (Wildman–Crippen LogP) is 0.733. The summed E-state index contributed by atoms with van der Waals surface area (Å²) >= 11 is 0. The lowest BCUT2D eigenvalue weighted by molar-refractivity contribution is -0.249. The molecule has 2 aromatic carbocycles. The Morgan fingerprint density at radius 2 is 1.86 bits per heavy atom. The second-order valence-electron chi connectivity index (χ2n) is 6.61. The van der Waals surface area contributed by atoms with E-state index < -0.39 is 49.1 Å². The van der Waals surface area contributed by atoms with Gasteiger partial charge in [0, 0.05) is 19.2 Å². The predicted molar refractivity (Wildman–Crippen MR) is 99.5 cm³/mol. The van der Waals surface area contributed by atoms with E-state index in [0.717, 1.165) is 10.8 Å². The van der Waals surface area contributed by atoms with E-state index in [-0.39, 0.29) is 0 Å². The molecule has 1 amide bonds. The molecule has 1 fully saturated rings. The van der Waals surface area contributed by atoms with Crippen LogP contribution in [0.2, 0.25) is 0 Å². The fourth-order valence-corrected chi connectivity index (χ4v) is 3.31. The van der Waals surface area contributed by atoms with E-state index in [1.54, 1.807) is 6.07 Å². The first-order valence-electron chi connectivity index (χ1n) is 8.94. The Kier molecular flexibility index (Phi) is 6.13. The first-order valence-corrected chi connectivity index (χ1v) is 8.94. The lowest BCUT2D eigenvalue weighted by Crippen LogP contribution is -2.66. The van der Waals surface area contributed by atoms with Crippen molar-refractivity contribution < 1.29 is 34.0 Å². The lowest BCUT2D eigenvalue weighted by atomic mass is 9.96. The quantitative estimate of drug-likeness (QED) is 0.646. The molecule has 1 aliphatic rings. The Labute approximate surface area is 162 Å². The standard InChI is InChI=1S/C20H23NO7/c1-11(23)21-17-19(26-12(2)24)18(25)16(10-22)28-20(17)27-15-9-5-7-13-6-3-4-8-14(13)15/h3-9,16-20,22,25H,10H2,1-2H3,(H,21,23)/t16-,17+,18+,19-,20-/m0/s1. The molecular formula is C20H23NO7. The van der Waals surface area contributed by atoms with Gasteiger partial charge in [0.25, 0.3) is 0 Å². The van der Waals surface area contributed by atoms with Crippen LogP contribution in [0.1, 0.15) is 13.8 Å². The van der Waals surface area contributed by atoms with Gasteiger partial charge < -0.3 is 29.7 Å².